The highest BCUT2D eigenvalue weighted by molar-refractivity contribution is 5.42. The molecule has 0 aliphatic heterocycles. The van der Waals surface area contributed by atoms with Crippen molar-refractivity contribution in [2.75, 3.05) is 0 Å². The summed E-state index contributed by atoms with van der Waals surface area (Å²) in [6.07, 6.45) is -9.61. The van der Waals surface area contributed by atoms with Gasteiger partial charge in [-0.2, -0.15) is 26.3 Å². The van der Waals surface area contributed by atoms with E-state index in [-0.39, 0.29) is 12.0 Å². The Morgan fingerprint density at radius 1 is 0.944 bits per heavy atom. The largest absolute Gasteiger partial charge is 0.416 e. The van der Waals surface area contributed by atoms with Gasteiger partial charge in [0.2, 0.25) is 0 Å². The monoisotopic (exact) mass is 271 g/mol. The number of alkyl halides is 6. The number of hydrogen-bond acceptors (Lipinski definition) is 1. The van der Waals surface area contributed by atoms with Crippen LogP contribution in [0.3, 0.4) is 0 Å². The van der Waals surface area contributed by atoms with E-state index in [0.29, 0.717) is 0 Å². The van der Waals surface area contributed by atoms with Crippen molar-refractivity contribution in [3.8, 4) is 0 Å². The Hall–Kier alpha value is -1.24. The van der Waals surface area contributed by atoms with Crippen LogP contribution in [0, 0.1) is 0 Å². The number of hydrogen-bond donors (Lipinski definition) is 1. The van der Waals surface area contributed by atoms with Gasteiger partial charge in [0.15, 0.2) is 0 Å². The van der Waals surface area contributed by atoms with E-state index in [1.54, 1.807) is 0 Å². The first kappa shape index (κ1) is 14.8. The normalized spacial score (nSPS) is 12.9. The lowest BCUT2D eigenvalue weighted by molar-refractivity contribution is -0.144. The average molecular weight is 271 g/mol. The van der Waals surface area contributed by atoms with Gasteiger partial charge in [-0.15, -0.1) is 0 Å². The van der Waals surface area contributed by atoms with E-state index in [4.69, 9.17) is 5.73 Å². The van der Waals surface area contributed by atoms with Crippen molar-refractivity contribution in [2.24, 2.45) is 5.73 Å². The standard InChI is InChI=1S/C11H11F6N/c1-2-6-3-8(10(12,13)14)7(5-18)9(4-6)11(15,16)17/h3-4H,2,5,18H2,1H3. The maximum atomic E-state index is 12.7. The minimum Gasteiger partial charge on any atom is -0.326 e. The summed E-state index contributed by atoms with van der Waals surface area (Å²) in [6.45, 7) is 0.672. The fourth-order valence-electron chi connectivity index (χ4n) is 1.66. The van der Waals surface area contributed by atoms with Gasteiger partial charge in [0.05, 0.1) is 11.1 Å². The lowest BCUT2D eigenvalue weighted by Gasteiger charge is -2.19. The molecule has 1 aromatic rings. The van der Waals surface area contributed by atoms with Crippen LogP contribution in [0.15, 0.2) is 12.1 Å². The van der Waals surface area contributed by atoms with Crippen molar-refractivity contribution in [1.29, 1.82) is 0 Å². The van der Waals surface area contributed by atoms with Gasteiger partial charge in [0.25, 0.3) is 0 Å². The third-order valence-electron chi connectivity index (χ3n) is 2.53. The summed E-state index contributed by atoms with van der Waals surface area (Å²) < 4.78 is 76.2. The van der Waals surface area contributed by atoms with Crippen LogP contribution in [0.25, 0.3) is 0 Å². The van der Waals surface area contributed by atoms with Crippen molar-refractivity contribution in [3.05, 3.63) is 34.4 Å². The SMILES string of the molecule is CCc1cc(C(F)(F)F)c(CN)c(C(F)(F)F)c1. The second kappa shape index (κ2) is 4.79. The summed E-state index contributed by atoms with van der Waals surface area (Å²) in [5.41, 5.74) is 1.49. The fourth-order valence-corrected chi connectivity index (χ4v) is 1.66. The minimum atomic E-state index is -4.85. The van der Waals surface area contributed by atoms with Gasteiger partial charge < -0.3 is 5.73 Å². The number of nitrogens with two attached hydrogens (primary N) is 1. The molecule has 1 nitrogen and oxygen atoms in total. The molecule has 0 aromatic heterocycles. The molecular formula is C11H11F6N. The molecule has 2 N–H and O–H groups in total. The van der Waals surface area contributed by atoms with Gasteiger partial charge in [0.1, 0.15) is 0 Å². The predicted molar refractivity (Wildman–Crippen MR) is 53.7 cm³/mol. The van der Waals surface area contributed by atoms with E-state index in [9.17, 15) is 26.3 Å². The minimum absolute atomic E-state index is 0.0214. The maximum absolute atomic E-state index is 12.7. The summed E-state index contributed by atoms with van der Waals surface area (Å²) in [5, 5.41) is 0. The van der Waals surface area contributed by atoms with Gasteiger partial charge in [-0.1, -0.05) is 6.92 Å². The molecule has 0 bridgehead atoms. The van der Waals surface area contributed by atoms with Crippen LogP contribution in [-0.4, -0.2) is 0 Å². The first-order chi connectivity index (χ1) is 8.11. The van der Waals surface area contributed by atoms with Crippen LogP contribution in [0.1, 0.15) is 29.2 Å². The molecule has 0 aliphatic rings. The molecule has 0 saturated heterocycles. The Morgan fingerprint density at radius 2 is 1.33 bits per heavy atom. The van der Waals surface area contributed by atoms with Crippen molar-refractivity contribution in [2.45, 2.75) is 32.2 Å². The zero-order valence-corrected chi connectivity index (χ0v) is 9.41. The van der Waals surface area contributed by atoms with Gasteiger partial charge in [-0.05, 0) is 29.7 Å². The number of rotatable bonds is 2. The van der Waals surface area contributed by atoms with E-state index < -0.39 is 35.6 Å². The highest BCUT2D eigenvalue weighted by Gasteiger charge is 2.40. The molecule has 0 amide bonds. The molecule has 0 heterocycles. The third kappa shape index (κ3) is 2.95. The quantitative estimate of drug-likeness (QED) is 0.814. The van der Waals surface area contributed by atoms with E-state index in [1.165, 1.54) is 6.92 Å². The molecule has 7 heteroatoms. The molecule has 1 aromatic carbocycles. The number of benzene rings is 1. The van der Waals surface area contributed by atoms with Crippen LogP contribution in [0.2, 0.25) is 0 Å². The van der Waals surface area contributed by atoms with Crippen LogP contribution >= 0.6 is 0 Å². The van der Waals surface area contributed by atoms with Gasteiger partial charge >= 0.3 is 12.4 Å². The maximum Gasteiger partial charge on any atom is 0.416 e. The van der Waals surface area contributed by atoms with E-state index in [0.717, 1.165) is 12.1 Å². The van der Waals surface area contributed by atoms with Crippen LogP contribution in [-0.2, 0) is 25.3 Å². The van der Waals surface area contributed by atoms with Crippen LogP contribution in [0.4, 0.5) is 26.3 Å². The summed E-state index contributed by atoms with van der Waals surface area (Å²) in [4.78, 5) is 0. The molecule has 0 aliphatic carbocycles. The third-order valence-corrected chi connectivity index (χ3v) is 2.53. The van der Waals surface area contributed by atoms with Crippen molar-refractivity contribution < 1.29 is 26.3 Å². The topological polar surface area (TPSA) is 26.0 Å². The van der Waals surface area contributed by atoms with Crippen molar-refractivity contribution >= 4 is 0 Å². The van der Waals surface area contributed by atoms with Crippen molar-refractivity contribution in [3.63, 3.8) is 0 Å². The van der Waals surface area contributed by atoms with Gasteiger partial charge in [-0.25, -0.2) is 0 Å². The molecule has 0 spiro atoms. The van der Waals surface area contributed by atoms with E-state index in [1.807, 2.05) is 0 Å². The fraction of sp³-hybridized carbons (Fsp3) is 0.455. The first-order valence-electron chi connectivity index (χ1n) is 5.11. The Labute approximate surface area is 99.6 Å². The summed E-state index contributed by atoms with van der Waals surface area (Å²) in [5.74, 6) is 0. The molecule has 0 saturated carbocycles. The van der Waals surface area contributed by atoms with Crippen LogP contribution < -0.4 is 5.73 Å². The molecule has 0 fully saturated rings. The second-order valence-electron chi connectivity index (χ2n) is 3.72. The van der Waals surface area contributed by atoms with Gasteiger partial charge in [-0.3, -0.25) is 0 Å². The number of halogens is 6. The Morgan fingerprint density at radius 3 is 1.56 bits per heavy atom. The zero-order chi connectivity index (χ0) is 14.1. The van der Waals surface area contributed by atoms with Crippen LogP contribution in [0.5, 0.6) is 0 Å². The molecule has 0 atom stereocenters. The van der Waals surface area contributed by atoms with E-state index >= 15 is 0 Å². The Bertz CT molecular complexity index is 397. The smallest absolute Gasteiger partial charge is 0.326 e. The molecular weight excluding hydrogens is 260 g/mol. The lowest BCUT2D eigenvalue weighted by Crippen LogP contribution is -2.19. The summed E-state index contributed by atoms with van der Waals surface area (Å²) in [6, 6.07) is 1.44. The first-order valence-corrected chi connectivity index (χ1v) is 5.11. The Balaban J connectivity index is 3.61. The second-order valence-corrected chi connectivity index (χ2v) is 3.72. The van der Waals surface area contributed by atoms with Crippen molar-refractivity contribution in [1.82, 2.24) is 0 Å². The highest BCUT2D eigenvalue weighted by atomic mass is 19.4. The Kier molecular flexibility index (Phi) is 3.95. The highest BCUT2D eigenvalue weighted by Crippen LogP contribution is 2.40. The summed E-state index contributed by atoms with van der Waals surface area (Å²) >= 11 is 0. The van der Waals surface area contributed by atoms with Gasteiger partial charge in [0, 0.05) is 6.54 Å². The molecule has 1 rings (SSSR count). The average Bonchev–Trinajstić information content (AvgIpc) is 2.24. The van der Waals surface area contributed by atoms with E-state index in [2.05, 4.69) is 0 Å². The predicted octanol–water partition coefficient (Wildman–Crippen LogP) is 3.75. The molecule has 102 valence electrons. The molecule has 0 radical (unpaired) electrons. The number of aryl methyl sites for hydroxylation is 1. The molecule has 18 heavy (non-hydrogen) atoms. The lowest BCUT2D eigenvalue weighted by atomic mass is 9.95. The summed E-state index contributed by atoms with van der Waals surface area (Å²) in [7, 11) is 0. The zero-order valence-electron chi connectivity index (χ0n) is 9.41. The molecule has 0 unspecified atom stereocenters.